The number of rotatable bonds is 2. The number of aliphatic carboxylic acids is 1. The molecule has 2 rings (SSSR count). The highest BCUT2D eigenvalue weighted by molar-refractivity contribution is 5.82. The van der Waals surface area contributed by atoms with Crippen molar-refractivity contribution < 1.29 is 14.6 Å². The lowest BCUT2D eigenvalue weighted by molar-refractivity contribution is -0.144. The largest absolute Gasteiger partial charge is 0.493 e. The van der Waals surface area contributed by atoms with Crippen LogP contribution in [-0.2, 0) is 10.2 Å². The third-order valence-corrected chi connectivity index (χ3v) is 3.42. The minimum atomic E-state index is -0.771. The Morgan fingerprint density at radius 2 is 2.25 bits per heavy atom. The molecule has 1 N–H and O–H groups in total. The smallest absolute Gasteiger partial charge is 0.314 e. The van der Waals surface area contributed by atoms with Gasteiger partial charge in [0.1, 0.15) is 5.75 Å². The van der Waals surface area contributed by atoms with E-state index in [-0.39, 0.29) is 0 Å². The Morgan fingerprint density at radius 3 is 2.94 bits per heavy atom. The summed E-state index contributed by atoms with van der Waals surface area (Å²) in [6.07, 6.45) is 2.04. The summed E-state index contributed by atoms with van der Waals surface area (Å²) in [4.78, 5) is 11.6. The van der Waals surface area contributed by atoms with Crippen LogP contribution in [-0.4, -0.2) is 17.7 Å². The number of fused-ring (bicyclic) bond motifs is 1. The molecule has 0 radical (unpaired) electrons. The van der Waals surface area contributed by atoms with E-state index in [1.807, 2.05) is 31.2 Å². The van der Waals surface area contributed by atoms with Crippen molar-refractivity contribution in [3.8, 4) is 5.75 Å². The van der Waals surface area contributed by atoms with Gasteiger partial charge >= 0.3 is 5.97 Å². The minimum Gasteiger partial charge on any atom is -0.493 e. The fourth-order valence-electron chi connectivity index (χ4n) is 2.42. The highest BCUT2D eigenvalue weighted by Crippen LogP contribution is 2.40. The van der Waals surface area contributed by atoms with Gasteiger partial charge in [-0.15, -0.1) is 0 Å². The summed E-state index contributed by atoms with van der Waals surface area (Å²) >= 11 is 0. The van der Waals surface area contributed by atoms with Crippen molar-refractivity contribution in [3.05, 3.63) is 29.8 Å². The number of carboxylic acid groups (broad SMARTS) is 1. The van der Waals surface area contributed by atoms with Crippen LogP contribution in [0, 0.1) is 0 Å². The molecule has 1 atom stereocenters. The average Bonchev–Trinajstić information content (AvgIpc) is 2.49. The van der Waals surface area contributed by atoms with E-state index in [1.54, 1.807) is 0 Å². The van der Waals surface area contributed by atoms with Crippen LogP contribution in [0.2, 0.25) is 0 Å². The quantitative estimate of drug-likeness (QED) is 0.833. The van der Waals surface area contributed by atoms with Gasteiger partial charge in [0.15, 0.2) is 0 Å². The third kappa shape index (κ3) is 1.56. The second kappa shape index (κ2) is 4.16. The minimum absolute atomic E-state index is 0.600. The van der Waals surface area contributed by atoms with Crippen LogP contribution in [0.25, 0.3) is 0 Å². The van der Waals surface area contributed by atoms with Gasteiger partial charge in [-0.25, -0.2) is 0 Å². The van der Waals surface area contributed by atoms with Gasteiger partial charge in [-0.3, -0.25) is 4.79 Å². The molecular formula is C13H16O3. The van der Waals surface area contributed by atoms with E-state index in [0.717, 1.165) is 17.7 Å². The maximum Gasteiger partial charge on any atom is 0.314 e. The summed E-state index contributed by atoms with van der Waals surface area (Å²) in [6.45, 7) is 2.53. The van der Waals surface area contributed by atoms with Gasteiger partial charge in [0, 0.05) is 5.56 Å². The van der Waals surface area contributed by atoms with Crippen LogP contribution in [0.3, 0.4) is 0 Å². The van der Waals surface area contributed by atoms with E-state index < -0.39 is 11.4 Å². The SMILES string of the molecule is CCC1(C(=O)O)CCCOc2ccccc21. The fraction of sp³-hybridized carbons (Fsp3) is 0.462. The van der Waals surface area contributed by atoms with Gasteiger partial charge < -0.3 is 9.84 Å². The van der Waals surface area contributed by atoms with Crippen molar-refractivity contribution in [2.24, 2.45) is 0 Å². The molecule has 1 aromatic carbocycles. The number of hydrogen-bond acceptors (Lipinski definition) is 2. The molecule has 0 spiro atoms. The van der Waals surface area contributed by atoms with Gasteiger partial charge in [0.25, 0.3) is 0 Å². The summed E-state index contributed by atoms with van der Waals surface area (Å²) < 4.78 is 5.59. The maximum absolute atomic E-state index is 11.6. The molecule has 86 valence electrons. The average molecular weight is 220 g/mol. The zero-order chi connectivity index (χ0) is 11.6. The third-order valence-electron chi connectivity index (χ3n) is 3.42. The lowest BCUT2D eigenvalue weighted by atomic mass is 9.74. The summed E-state index contributed by atoms with van der Waals surface area (Å²) in [6, 6.07) is 7.49. The predicted octanol–water partition coefficient (Wildman–Crippen LogP) is 2.59. The van der Waals surface area contributed by atoms with Crippen molar-refractivity contribution >= 4 is 5.97 Å². The first-order valence-electron chi connectivity index (χ1n) is 5.66. The normalized spacial score (nSPS) is 24.1. The van der Waals surface area contributed by atoms with E-state index in [4.69, 9.17) is 4.74 Å². The monoisotopic (exact) mass is 220 g/mol. The van der Waals surface area contributed by atoms with E-state index in [0.29, 0.717) is 19.4 Å². The Morgan fingerprint density at radius 1 is 1.50 bits per heavy atom. The van der Waals surface area contributed by atoms with Crippen LogP contribution in [0.15, 0.2) is 24.3 Å². The molecule has 0 fully saturated rings. The maximum atomic E-state index is 11.6. The molecular weight excluding hydrogens is 204 g/mol. The van der Waals surface area contributed by atoms with Gasteiger partial charge in [0.2, 0.25) is 0 Å². The Labute approximate surface area is 95.0 Å². The molecule has 0 aliphatic carbocycles. The molecule has 0 saturated carbocycles. The number of carboxylic acids is 1. The number of para-hydroxylation sites is 1. The lowest BCUT2D eigenvalue weighted by Gasteiger charge is -2.27. The molecule has 1 aromatic rings. The summed E-state index contributed by atoms with van der Waals surface area (Å²) in [5, 5.41) is 9.50. The Hall–Kier alpha value is -1.51. The molecule has 1 aliphatic heterocycles. The molecule has 3 nitrogen and oxygen atoms in total. The molecule has 0 saturated heterocycles. The van der Waals surface area contributed by atoms with Gasteiger partial charge in [0.05, 0.1) is 12.0 Å². The van der Waals surface area contributed by atoms with Crippen LogP contribution in [0.1, 0.15) is 31.7 Å². The highest BCUT2D eigenvalue weighted by atomic mass is 16.5. The number of carbonyl (C=O) groups is 1. The number of benzene rings is 1. The first kappa shape index (κ1) is 11.0. The van der Waals surface area contributed by atoms with Crippen molar-refractivity contribution in [1.29, 1.82) is 0 Å². The van der Waals surface area contributed by atoms with Gasteiger partial charge in [-0.1, -0.05) is 25.1 Å². The molecule has 3 heteroatoms. The van der Waals surface area contributed by atoms with Crippen LogP contribution < -0.4 is 4.74 Å². The first-order valence-corrected chi connectivity index (χ1v) is 5.66. The summed E-state index contributed by atoms with van der Waals surface area (Å²) in [5.41, 5.74) is 0.0510. The zero-order valence-corrected chi connectivity index (χ0v) is 9.40. The lowest BCUT2D eigenvalue weighted by Crippen LogP contribution is -2.34. The fourth-order valence-corrected chi connectivity index (χ4v) is 2.42. The van der Waals surface area contributed by atoms with Crippen molar-refractivity contribution in [1.82, 2.24) is 0 Å². The van der Waals surface area contributed by atoms with Crippen LogP contribution in [0.4, 0.5) is 0 Å². The zero-order valence-electron chi connectivity index (χ0n) is 9.40. The Bertz CT molecular complexity index is 400. The van der Waals surface area contributed by atoms with E-state index in [1.165, 1.54) is 0 Å². The topological polar surface area (TPSA) is 46.5 Å². The standard InChI is InChI=1S/C13H16O3/c1-2-13(12(14)15)8-5-9-16-11-7-4-3-6-10(11)13/h3-4,6-7H,2,5,8-9H2,1H3,(H,14,15). The summed E-state index contributed by atoms with van der Waals surface area (Å²) in [7, 11) is 0. The molecule has 1 aliphatic rings. The van der Waals surface area contributed by atoms with Crippen molar-refractivity contribution in [2.45, 2.75) is 31.6 Å². The highest BCUT2D eigenvalue weighted by Gasteiger charge is 2.41. The van der Waals surface area contributed by atoms with Crippen LogP contribution in [0.5, 0.6) is 5.75 Å². The van der Waals surface area contributed by atoms with E-state index >= 15 is 0 Å². The summed E-state index contributed by atoms with van der Waals surface area (Å²) in [5.74, 6) is -0.0165. The molecule has 1 unspecified atom stereocenters. The predicted molar refractivity (Wildman–Crippen MR) is 60.8 cm³/mol. The number of ether oxygens (including phenoxy) is 1. The van der Waals surface area contributed by atoms with Gasteiger partial charge in [-0.05, 0) is 25.3 Å². The molecule has 1 heterocycles. The second-order valence-corrected chi connectivity index (χ2v) is 4.19. The molecule has 0 aromatic heterocycles. The molecule has 0 bridgehead atoms. The van der Waals surface area contributed by atoms with E-state index in [2.05, 4.69) is 0 Å². The number of hydrogen-bond donors (Lipinski definition) is 1. The Kier molecular flexibility index (Phi) is 2.86. The van der Waals surface area contributed by atoms with Gasteiger partial charge in [-0.2, -0.15) is 0 Å². The molecule has 16 heavy (non-hydrogen) atoms. The molecule has 0 amide bonds. The Balaban J connectivity index is 2.58. The second-order valence-electron chi connectivity index (χ2n) is 4.19. The van der Waals surface area contributed by atoms with Crippen LogP contribution >= 0.6 is 0 Å². The van der Waals surface area contributed by atoms with E-state index in [9.17, 15) is 9.90 Å². The van der Waals surface area contributed by atoms with Crippen molar-refractivity contribution in [2.75, 3.05) is 6.61 Å². The first-order chi connectivity index (χ1) is 7.70. The van der Waals surface area contributed by atoms with Crippen molar-refractivity contribution in [3.63, 3.8) is 0 Å².